The van der Waals surface area contributed by atoms with Gasteiger partial charge in [0.2, 0.25) is 0 Å². The average Bonchev–Trinajstić information content (AvgIpc) is 2.55. The lowest BCUT2D eigenvalue weighted by molar-refractivity contribution is 0.491. The van der Waals surface area contributed by atoms with E-state index in [0.717, 1.165) is 12.1 Å². The Morgan fingerprint density at radius 1 is 1.57 bits per heavy atom. The molecule has 1 heterocycles. The molecule has 0 spiro atoms. The summed E-state index contributed by atoms with van der Waals surface area (Å²) in [5.74, 6) is 1.26. The maximum Gasteiger partial charge on any atom is 0.0801 e. The lowest BCUT2D eigenvalue weighted by atomic mass is 9.91. The summed E-state index contributed by atoms with van der Waals surface area (Å²) in [7, 11) is 0. The first-order valence-corrected chi connectivity index (χ1v) is 5.90. The molecule has 0 aliphatic carbocycles. The SMILES string of the molecule is CCC(c1scnc1/C=C\N)C(C)C. The molecule has 0 aromatic carbocycles. The van der Waals surface area contributed by atoms with Crippen LogP contribution in [-0.2, 0) is 0 Å². The van der Waals surface area contributed by atoms with Gasteiger partial charge in [-0.1, -0.05) is 20.8 Å². The minimum absolute atomic E-state index is 0.605. The van der Waals surface area contributed by atoms with Crippen LogP contribution < -0.4 is 5.73 Å². The van der Waals surface area contributed by atoms with Gasteiger partial charge in [-0.05, 0) is 30.5 Å². The van der Waals surface area contributed by atoms with Crippen molar-refractivity contribution in [3.05, 3.63) is 22.3 Å². The van der Waals surface area contributed by atoms with Crippen LogP contribution in [0.25, 0.3) is 6.08 Å². The fourth-order valence-electron chi connectivity index (χ4n) is 1.72. The first-order valence-electron chi connectivity index (χ1n) is 5.02. The van der Waals surface area contributed by atoms with Crippen molar-refractivity contribution in [2.24, 2.45) is 11.7 Å². The molecule has 2 N–H and O–H groups in total. The molecule has 0 saturated carbocycles. The normalized spacial score (nSPS) is 14.0. The summed E-state index contributed by atoms with van der Waals surface area (Å²) in [6.07, 6.45) is 4.60. The molecule has 1 aromatic heterocycles. The molecule has 0 aliphatic rings. The van der Waals surface area contributed by atoms with E-state index < -0.39 is 0 Å². The Morgan fingerprint density at radius 2 is 2.29 bits per heavy atom. The maximum atomic E-state index is 5.39. The molecule has 0 fully saturated rings. The molecule has 1 aromatic rings. The zero-order valence-electron chi connectivity index (χ0n) is 9.03. The minimum Gasteiger partial charge on any atom is -0.405 e. The average molecular weight is 210 g/mol. The van der Waals surface area contributed by atoms with Crippen LogP contribution in [0.15, 0.2) is 11.7 Å². The fraction of sp³-hybridized carbons (Fsp3) is 0.545. The third-order valence-corrected chi connectivity index (χ3v) is 3.44. The van der Waals surface area contributed by atoms with Gasteiger partial charge in [-0.2, -0.15) is 0 Å². The van der Waals surface area contributed by atoms with Gasteiger partial charge in [0.1, 0.15) is 0 Å². The molecule has 1 atom stereocenters. The first kappa shape index (κ1) is 11.2. The van der Waals surface area contributed by atoms with Crippen LogP contribution in [0.1, 0.15) is 43.7 Å². The van der Waals surface area contributed by atoms with E-state index >= 15 is 0 Å². The molecule has 0 aliphatic heterocycles. The molecule has 1 unspecified atom stereocenters. The highest BCUT2D eigenvalue weighted by Crippen LogP contribution is 2.33. The summed E-state index contributed by atoms with van der Waals surface area (Å²) in [6, 6.07) is 0. The van der Waals surface area contributed by atoms with Gasteiger partial charge < -0.3 is 5.73 Å². The summed E-state index contributed by atoms with van der Waals surface area (Å²) in [4.78, 5) is 5.67. The third-order valence-electron chi connectivity index (χ3n) is 2.46. The maximum absolute atomic E-state index is 5.39. The van der Waals surface area contributed by atoms with E-state index in [1.54, 1.807) is 17.5 Å². The number of rotatable bonds is 4. The number of hydrogen-bond acceptors (Lipinski definition) is 3. The predicted molar refractivity (Wildman–Crippen MR) is 63.2 cm³/mol. The molecular formula is C11H18N2S. The zero-order valence-corrected chi connectivity index (χ0v) is 9.84. The number of nitrogens with two attached hydrogens (primary N) is 1. The van der Waals surface area contributed by atoms with Gasteiger partial charge in [0.25, 0.3) is 0 Å². The molecule has 3 heteroatoms. The Kier molecular flexibility index (Phi) is 4.14. The van der Waals surface area contributed by atoms with E-state index in [0.29, 0.717) is 11.8 Å². The van der Waals surface area contributed by atoms with Crippen LogP contribution in [-0.4, -0.2) is 4.98 Å². The quantitative estimate of drug-likeness (QED) is 0.828. The van der Waals surface area contributed by atoms with Crippen molar-refractivity contribution in [1.82, 2.24) is 4.98 Å². The number of nitrogens with zero attached hydrogens (tertiary/aromatic N) is 1. The van der Waals surface area contributed by atoms with Crippen LogP contribution in [0, 0.1) is 5.92 Å². The van der Waals surface area contributed by atoms with Crippen LogP contribution >= 0.6 is 11.3 Å². The van der Waals surface area contributed by atoms with Crippen molar-refractivity contribution in [3.8, 4) is 0 Å². The van der Waals surface area contributed by atoms with Gasteiger partial charge in [0, 0.05) is 4.88 Å². The van der Waals surface area contributed by atoms with Crippen LogP contribution in [0.2, 0.25) is 0 Å². The van der Waals surface area contributed by atoms with Gasteiger partial charge in [0.05, 0.1) is 11.2 Å². The van der Waals surface area contributed by atoms with Gasteiger partial charge in [-0.15, -0.1) is 11.3 Å². The van der Waals surface area contributed by atoms with Gasteiger partial charge >= 0.3 is 0 Å². The van der Waals surface area contributed by atoms with Crippen molar-refractivity contribution in [3.63, 3.8) is 0 Å². The monoisotopic (exact) mass is 210 g/mol. The van der Waals surface area contributed by atoms with Crippen LogP contribution in [0.5, 0.6) is 0 Å². The molecule has 0 bridgehead atoms. The molecule has 0 saturated heterocycles. The Hall–Kier alpha value is -0.830. The highest BCUT2D eigenvalue weighted by molar-refractivity contribution is 7.09. The molecule has 0 radical (unpaired) electrons. The second-order valence-electron chi connectivity index (χ2n) is 3.72. The first-order chi connectivity index (χ1) is 6.70. The summed E-state index contributed by atoms with van der Waals surface area (Å²) < 4.78 is 0. The van der Waals surface area contributed by atoms with Crippen molar-refractivity contribution in [1.29, 1.82) is 0 Å². The second kappa shape index (κ2) is 5.15. The summed E-state index contributed by atoms with van der Waals surface area (Å²) in [6.45, 7) is 6.73. The topological polar surface area (TPSA) is 38.9 Å². The summed E-state index contributed by atoms with van der Waals surface area (Å²) in [5, 5.41) is 0. The molecule has 2 nitrogen and oxygen atoms in total. The Balaban J connectivity index is 2.97. The molecule has 78 valence electrons. The Labute approximate surface area is 89.9 Å². The van der Waals surface area contributed by atoms with Gasteiger partial charge in [-0.25, -0.2) is 4.98 Å². The van der Waals surface area contributed by atoms with E-state index in [1.807, 2.05) is 11.6 Å². The largest absolute Gasteiger partial charge is 0.405 e. The Bertz CT molecular complexity index is 302. The zero-order chi connectivity index (χ0) is 10.6. The Morgan fingerprint density at radius 3 is 2.79 bits per heavy atom. The minimum atomic E-state index is 0.605. The van der Waals surface area contributed by atoms with Crippen LogP contribution in [0.3, 0.4) is 0 Å². The van der Waals surface area contributed by atoms with E-state index in [-0.39, 0.29) is 0 Å². The lowest BCUT2D eigenvalue weighted by Crippen LogP contribution is -2.05. The molecule has 14 heavy (non-hydrogen) atoms. The van der Waals surface area contributed by atoms with Crippen molar-refractivity contribution < 1.29 is 0 Å². The molecule has 1 rings (SSSR count). The second-order valence-corrected chi connectivity index (χ2v) is 4.61. The van der Waals surface area contributed by atoms with Gasteiger partial charge in [-0.3, -0.25) is 0 Å². The van der Waals surface area contributed by atoms with E-state index in [9.17, 15) is 0 Å². The van der Waals surface area contributed by atoms with Crippen LogP contribution in [0.4, 0.5) is 0 Å². The van der Waals surface area contributed by atoms with E-state index in [1.165, 1.54) is 4.88 Å². The van der Waals surface area contributed by atoms with Gasteiger partial charge in [0.15, 0.2) is 0 Å². The lowest BCUT2D eigenvalue weighted by Gasteiger charge is -2.17. The summed E-state index contributed by atoms with van der Waals surface area (Å²) in [5.41, 5.74) is 8.33. The number of aromatic nitrogens is 1. The highest BCUT2D eigenvalue weighted by Gasteiger charge is 2.18. The molecular weight excluding hydrogens is 192 g/mol. The fourth-order valence-corrected chi connectivity index (χ4v) is 2.85. The smallest absolute Gasteiger partial charge is 0.0801 e. The highest BCUT2D eigenvalue weighted by atomic mass is 32.1. The van der Waals surface area contributed by atoms with Crippen molar-refractivity contribution in [2.75, 3.05) is 0 Å². The van der Waals surface area contributed by atoms with Crippen molar-refractivity contribution >= 4 is 17.4 Å². The van der Waals surface area contributed by atoms with E-state index in [4.69, 9.17) is 5.73 Å². The molecule has 0 amide bonds. The third kappa shape index (κ3) is 2.35. The van der Waals surface area contributed by atoms with Crippen molar-refractivity contribution in [2.45, 2.75) is 33.1 Å². The predicted octanol–water partition coefficient (Wildman–Crippen LogP) is 3.22. The van der Waals surface area contributed by atoms with E-state index in [2.05, 4.69) is 25.8 Å². The summed E-state index contributed by atoms with van der Waals surface area (Å²) >= 11 is 1.73. The number of hydrogen-bond donors (Lipinski definition) is 1. The number of thiazole rings is 1. The standard InChI is InChI=1S/C11H18N2S/c1-4-9(8(2)3)11-10(5-6-12)13-7-14-11/h5-9H,4,12H2,1-3H3/b6-5-.